The molecule has 2 fully saturated rings. The summed E-state index contributed by atoms with van der Waals surface area (Å²) >= 11 is 1.68. The Morgan fingerprint density at radius 2 is 2.00 bits per heavy atom. The van der Waals surface area contributed by atoms with Crippen LogP contribution in [0.2, 0.25) is 0 Å². The first-order chi connectivity index (χ1) is 13.8. The fraction of sp³-hybridized carbons (Fsp3) is 0.522. The number of likely N-dealkylation sites (tertiary alicyclic amines) is 2. The van der Waals surface area contributed by atoms with Gasteiger partial charge in [-0.15, -0.1) is 0 Å². The Morgan fingerprint density at radius 3 is 2.69 bits per heavy atom. The molecule has 0 N–H and O–H groups in total. The second kappa shape index (κ2) is 7.80. The number of piperidine rings is 1. The lowest BCUT2D eigenvalue weighted by atomic mass is 9.82. The average Bonchev–Trinajstić information content (AvgIpc) is 3.31. The van der Waals surface area contributed by atoms with Crippen LogP contribution in [0.1, 0.15) is 44.2 Å². The Labute approximate surface area is 175 Å². The topological polar surface area (TPSA) is 23.6 Å². The molecule has 3 heterocycles. The van der Waals surface area contributed by atoms with Gasteiger partial charge in [0.25, 0.3) is 0 Å². The van der Waals surface area contributed by atoms with Crippen molar-refractivity contribution < 1.29 is 13.6 Å². The van der Waals surface area contributed by atoms with Crippen LogP contribution >= 0.6 is 11.3 Å². The number of hydrogen-bond acceptors (Lipinski definition) is 3. The van der Waals surface area contributed by atoms with Crippen LogP contribution in [-0.4, -0.2) is 41.4 Å². The highest BCUT2D eigenvalue weighted by Crippen LogP contribution is 2.43. The van der Waals surface area contributed by atoms with Gasteiger partial charge in [0.2, 0.25) is 5.91 Å². The van der Waals surface area contributed by atoms with Gasteiger partial charge in [0.1, 0.15) is 0 Å². The van der Waals surface area contributed by atoms with Gasteiger partial charge in [0.15, 0.2) is 11.6 Å². The normalized spacial score (nSPS) is 25.3. The quantitative estimate of drug-likeness (QED) is 0.709. The standard InChI is InChI=1S/C23H28F2N2OS/c1-23(2,3)22(28)27-13-17(16-8-10-29-14-16)18-12-26(9-7-20(18)27)11-15-5-4-6-19(24)21(15)25/h4-6,8,10,14,17-18,20H,7,9,11-13H2,1-3H3/t17-,18-,20-/m1/s1. The Kier molecular flexibility index (Phi) is 5.51. The first-order valence-electron chi connectivity index (χ1n) is 10.2. The summed E-state index contributed by atoms with van der Waals surface area (Å²) in [5.41, 5.74) is 1.28. The van der Waals surface area contributed by atoms with Crippen LogP contribution in [0.15, 0.2) is 35.0 Å². The number of thiophene rings is 1. The van der Waals surface area contributed by atoms with Crippen molar-refractivity contribution in [1.82, 2.24) is 9.80 Å². The van der Waals surface area contributed by atoms with E-state index in [1.165, 1.54) is 5.56 Å². The van der Waals surface area contributed by atoms with Gasteiger partial charge >= 0.3 is 0 Å². The van der Waals surface area contributed by atoms with Gasteiger partial charge in [-0.3, -0.25) is 9.69 Å². The molecule has 0 unspecified atom stereocenters. The van der Waals surface area contributed by atoms with Crippen LogP contribution in [0, 0.1) is 23.0 Å². The number of carbonyl (C=O) groups excluding carboxylic acids is 1. The van der Waals surface area contributed by atoms with Gasteiger partial charge in [-0.2, -0.15) is 11.3 Å². The second-order valence-corrected chi connectivity index (χ2v) is 10.1. The summed E-state index contributed by atoms with van der Waals surface area (Å²) in [4.78, 5) is 17.4. The highest BCUT2D eigenvalue weighted by atomic mass is 32.1. The molecular weight excluding hydrogens is 390 g/mol. The molecule has 0 radical (unpaired) electrons. The third-order valence-corrected chi connectivity index (χ3v) is 7.02. The van der Waals surface area contributed by atoms with Crippen molar-refractivity contribution in [2.24, 2.45) is 11.3 Å². The molecule has 6 heteroatoms. The van der Waals surface area contributed by atoms with Crippen LogP contribution in [0.25, 0.3) is 0 Å². The number of fused-ring (bicyclic) bond motifs is 1. The molecule has 0 aliphatic carbocycles. The van der Waals surface area contributed by atoms with Crippen molar-refractivity contribution in [2.75, 3.05) is 19.6 Å². The summed E-state index contributed by atoms with van der Waals surface area (Å²) in [6, 6.07) is 6.74. The Balaban J connectivity index is 1.57. The van der Waals surface area contributed by atoms with Gasteiger partial charge in [-0.05, 0) is 34.9 Å². The maximum Gasteiger partial charge on any atom is 0.228 e. The van der Waals surface area contributed by atoms with Crippen molar-refractivity contribution in [3.8, 4) is 0 Å². The third-order valence-electron chi connectivity index (χ3n) is 6.31. The fourth-order valence-corrected chi connectivity index (χ4v) is 5.59. The van der Waals surface area contributed by atoms with E-state index in [2.05, 4.69) is 26.6 Å². The van der Waals surface area contributed by atoms with Gasteiger partial charge in [0.05, 0.1) is 0 Å². The molecule has 3 atom stereocenters. The number of rotatable bonds is 3. The molecule has 1 aromatic heterocycles. The number of carbonyl (C=O) groups is 1. The number of amides is 1. The zero-order valence-corrected chi connectivity index (χ0v) is 18.0. The molecule has 0 saturated carbocycles. The predicted octanol–water partition coefficient (Wildman–Crippen LogP) is 4.89. The van der Waals surface area contributed by atoms with Crippen molar-refractivity contribution >= 4 is 17.2 Å². The highest BCUT2D eigenvalue weighted by molar-refractivity contribution is 7.08. The Morgan fingerprint density at radius 1 is 1.21 bits per heavy atom. The van der Waals surface area contributed by atoms with Gasteiger partial charge < -0.3 is 4.90 Å². The molecule has 29 heavy (non-hydrogen) atoms. The fourth-order valence-electron chi connectivity index (χ4n) is 4.86. The van der Waals surface area contributed by atoms with Crippen molar-refractivity contribution in [1.29, 1.82) is 0 Å². The predicted molar refractivity (Wildman–Crippen MR) is 112 cm³/mol. The average molecular weight is 419 g/mol. The summed E-state index contributed by atoms with van der Waals surface area (Å²) in [6.07, 6.45) is 0.865. The minimum absolute atomic E-state index is 0.204. The summed E-state index contributed by atoms with van der Waals surface area (Å²) in [5.74, 6) is -0.745. The largest absolute Gasteiger partial charge is 0.338 e. The number of benzene rings is 1. The van der Waals surface area contributed by atoms with E-state index in [4.69, 9.17) is 0 Å². The van der Waals surface area contributed by atoms with Crippen molar-refractivity contribution in [2.45, 2.75) is 45.7 Å². The van der Waals surface area contributed by atoms with E-state index < -0.39 is 17.0 Å². The maximum absolute atomic E-state index is 14.2. The van der Waals surface area contributed by atoms with E-state index in [0.717, 1.165) is 32.1 Å². The molecule has 4 rings (SSSR count). The molecule has 1 amide bonds. The number of hydrogen-bond donors (Lipinski definition) is 0. The van der Waals surface area contributed by atoms with Crippen LogP contribution in [-0.2, 0) is 11.3 Å². The van der Waals surface area contributed by atoms with Crippen LogP contribution < -0.4 is 0 Å². The molecule has 2 aromatic rings. The highest BCUT2D eigenvalue weighted by Gasteiger charge is 2.48. The zero-order valence-electron chi connectivity index (χ0n) is 17.2. The van der Waals surface area contributed by atoms with E-state index in [1.807, 2.05) is 20.8 Å². The van der Waals surface area contributed by atoms with Crippen molar-refractivity contribution in [3.05, 3.63) is 57.8 Å². The summed E-state index contributed by atoms with van der Waals surface area (Å²) in [6.45, 7) is 8.63. The molecule has 2 aliphatic rings. The van der Waals surface area contributed by atoms with E-state index in [1.54, 1.807) is 23.5 Å². The van der Waals surface area contributed by atoms with E-state index in [9.17, 15) is 13.6 Å². The van der Waals surface area contributed by atoms with Crippen LogP contribution in [0.3, 0.4) is 0 Å². The first-order valence-corrected chi connectivity index (χ1v) is 11.2. The molecule has 3 nitrogen and oxygen atoms in total. The molecule has 1 aromatic carbocycles. The van der Waals surface area contributed by atoms with E-state index in [-0.39, 0.29) is 17.9 Å². The molecule has 2 aliphatic heterocycles. The molecule has 2 saturated heterocycles. The number of nitrogens with zero attached hydrogens (tertiary/aromatic N) is 2. The first kappa shape index (κ1) is 20.5. The molecule has 0 spiro atoms. The SMILES string of the molecule is CC(C)(C)C(=O)N1C[C@H](c2ccsc2)[C@H]2CN(Cc3cccc(F)c3F)CC[C@H]21. The molecular formula is C23H28F2N2OS. The lowest BCUT2D eigenvalue weighted by molar-refractivity contribution is -0.141. The Bertz CT molecular complexity index is 877. The van der Waals surface area contributed by atoms with Gasteiger partial charge in [-0.25, -0.2) is 8.78 Å². The van der Waals surface area contributed by atoms with Crippen LogP contribution in [0.4, 0.5) is 8.78 Å². The number of halogens is 2. The van der Waals surface area contributed by atoms with E-state index >= 15 is 0 Å². The minimum atomic E-state index is -0.795. The lowest BCUT2D eigenvalue weighted by Crippen LogP contribution is -2.50. The Hall–Kier alpha value is -1.79. The van der Waals surface area contributed by atoms with Gasteiger partial charge in [-0.1, -0.05) is 32.9 Å². The van der Waals surface area contributed by atoms with E-state index in [0.29, 0.717) is 18.0 Å². The molecule has 0 bridgehead atoms. The summed E-state index contributed by atoms with van der Waals surface area (Å²) < 4.78 is 27.8. The summed E-state index contributed by atoms with van der Waals surface area (Å²) in [5, 5.41) is 4.26. The maximum atomic E-state index is 14.2. The molecule has 156 valence electrons. The smallest absolute Gasteiger partial charge is 0.228 e. The third kappa shape index (κ3) is 3.97. The summed E-state index contributed by atoms with van der Waals surface area (Å²) in [7, 11) is 0. The van der Waals surface area contributed by atoms with Crippen molar-refractivity contribution in [3.63, 3.8) is 0 Å². The van der Waals surface area contributed by atoms with Crippen LogP contribution in [0.5, 0.6) is 0 Å². The second-order valence-electron chi connectivity index (χ2n) is 9.34. The monoisotopic (exact) mass is 418 g/mol. The zero-order chi connectivity index (χ0) is 20.8. The van der Waals surface area contributed by atoms with Gasteiger partial charge in [0, 0.05) is 55.0 Å². The lowest BCUT2D eigenvalue weighted by Gasteiger charge is -2.40. The minimum Gasteiger partial charge on any atom is -0.338 e.